The van der Waals surface area contributed by atoms with Crippen LogP contribution in [0.1, 0.15) is 45.6 Å². The molecule has 2 amide bonds. The summed E-state index contributed by atoms with van der Waals surface area (Å²) in [6.07, 6.45) is 4.53. The number of nitrogens with zero attached hydrogens (tertiary/aromatic N) is 1. The smallest absolute Gasteiger partial charge is 0.254 e. The third-order valence-corrected chi connectivity index (χ3v) is 5.74. The minimum absolute atomic E-state index is 0.00942. The minimum atomic E-state index is -0.199. The van der Waals surface area contributed by atoms with E-state index in [0.717, 1.165) is 40.6 Å². The molecular formula is C24H27N3O2. The zero-order chi connectivity index (χ0) is 20.5. The van der Waals surface area contributed by atoms with Crippen LogP contribution in [0.4, 0.5) is 5.69 Å². The van der Waals surface area contributed by atoms with Gasteiger partial charge in [-0.3, -0.25) is 9.59 Å². The molecule has 0 unspecified atom stereocenters. The summed E-state index contributed by atoms with van der Waals surface area (Å²) < 4.78 is 0. The van der Waals surface area contributed by atoms with Crippen molar-refractivity contribution in [2.75, 3.05) is 18.9 Å². The molecule has 150 valence electrons. The Bertz CT molecular complexity index is 1100. The van der Waals surface area contributed by atoms with Gasteiger partial charge in [-0.15, -0.1) is 0 Å². The van der Waals surface area contributed by atoms with Gasteiger partial charge in [0.15, 0.2) is 0 Å². The fourth-order valence-corrected chi connectivity index (χ4v) is 4.11. The molecule has 0 bridgehead atoms. The molecule has 0 fully saturated rings. The zero-order valence-electron chi connectivity index (χ0n) is 17.3. The lowest BCUT2D eigenvalue weighted by atomic mass is 9.95. The van der Waals surface area contributed by atoms with E-state index in [4.69, 9.17) is 0 Å². The van der Waals surface area contributed by atoms with Crippen molar-refractivity contribution in [3.8, 4) is 0 Å². The maximum absolute atomic E-state index is 12.9. The number of amides is 2. The van der Waals surface area contributed by atoms with Gasteiger partial charge in [0.1, 0.15) is 0 Å². The fraction of sp³-hybridized carbons (Fsp3) is 0.333. The van der Waals surface area contributed by atoms with E-state index in [2.05, 4.69) is 10.3 Å². The van der Waals surface area contributed by atoms with Crippen LogP contribution in [-0.4, -0.2) is 35.3 Å². The van der Waals surface area contributed by atoms with Gasteiger partial charge >= 0.3 is 0 Å². The van der Waals surface area contributed by atoms with Crippen molar-refractivity contribution in [2.24, 2.45) is 0 Å². The first-order chi connectivity index (χ1) is 13.9. The highest BCUT2D eigenvalue weighted by Gasteiger charge is 2.19. The van der Waals surface area contributed by atoms with Gasteiger partial charge in [0.2, 0.25) is 5.91 Å². The van der Waals surface area contributed by atoms with Gasteiger partial charge in [-0.1, -0.05) is 12.1 Å². The molecule has 3 aromatic rings. The second-order valence-electron chi connectivity index (χ2n) is 8.08. The summed E-state index contributed by atoms with van der Waals surface area (Å²) in [4.78, 5) is 30.4. The third kappa shape index (κ3) is 3.90. The van der Waals surface area contributed by atoms with E-state index >= 15 is 0 Å². The second kappa shape index (κ2) is 7.74. The first kappa shape index (κ1) is 19.2. The molecular weight excluding hydrogens is 362 g/mol. The molecule has 2 aromatic carbocycles. The Labute approximate surface area is 171 Å². The molecule has 4 rings (SSSR count). The van der Waals surface area contributed by atoms with Crippen LogP contribution in [0.15, 0.2) is 36.4 Å². The molecule has 5 nitrogen and oxygen atoms in total. The van der Waals surface area contributed by atoms with Gasteiger partial charge in [0.05, 0.1) is 6.54 Å². The van der Waals surface area contributed by atoms with Crippen molar-refractivity contribution < 1.29 is 9.59 Å². The van der Waals surface area contributed by atoms with Crippen LogP contribution in [0.3, 0.4) is 0 Å². The Balaban J connectivity index is 1.48. The summed E-state index contributed by atoms with van der Waals surface area (Å²) in [7, 11) is 1.67. The van der Waals surface area contributed by atoms with E-state index in [-0.39, 0.29) is 18.4 Å². The number of aromatic amines is 1. The van der Waals surface area contributed by atoms with E-state index in [1.807, 2.05) is 50.2 Å². The third-order valence-electron chi connectivity index (χ3n) is 5.74. The topological polar surface area (TPSA) is 65.2 Å². The summed E-state index contributed by atoms with van der Waals surface area (Å²) in [6, 6.07) is 11.7. The highest BCUT2D eigenvalue weighted by atomic mass is 16.2. The first-order valence-electron chi connectivity index (χ1n) is 10.2. The molecule has 29 heavy (non-hydrogen) atoms. The monoisotopic (exact) mass is 389 g/mol. The molecule has 1 aromatic heterocycles. The number of carbonyl (C=O) groups excluding carboxylic acids is 2. The Hall–Kier alpha value is -3.08. The summed E-state index contributed by atoms with van der Waals surface area (Å²) in [5, 5.41) is 4.05. The van der Waals surface area contributed by atoms with Crippen molar-refractivity contribution in [1.29, 1.82) is 0 Å². The van der Waals surface area contributed by atoms with Crippen LogP contribution < -0.4 is 5.32 Å². The number of hydrogen-bond donors (Lipinski definition) is 2. The molecule has 0 radical (unpaired) electrons. The lowest BCUT2D eigenvalue weighted by Gasteiger charge is -2.18. The number of aryl methyl sites for hydroxylation is 4. The van der Waals surface area contributed by atoms with Gasteiger partial charge in [-0.25, -0.2) is 0 Å². The molecule has 0 aliphatic heterocycles. The Morgan fingerprint density at radius 3 is 2.69 bits per heavy atom. The van der Waals surface area contributed by atoms with Gasteiger partial charge in [-0.2, -0.15) is 0 Å². The SMILES string of the molecule is Cc1ccc(C)c(NC(=O)CN(C)C(=O)c2ccc3[nH]c4c(c3c2)CCCC4)c1. The van der Waals surface area contributed by atoms with Crippen LogP contribution in [0, 0.1) is 13.8 Å². The number of rotatable bonds is 4. The van der Waals surface area contributed by atoms with E-state index in [0.29, 0.717) is 5.56 Å². The molecule has 0 saturated heterocycles. The number of aromatic nitrogens is 1. The maximum Gasteiger partial charge on any atom is 0.254 e. The van der Waals surface area contributed by atoms with Crippen LogP contribution >= 0.6 is 0 Å². The van der Waals surface area contributed by atoms with Crippen LogP contribution in [0.5, 0.6) is 0 Å². The average Bonchev–Trinajstić information content (AvgIpc) is 3.08. The number of likely N-dealkylation sites (N-methyl/N-ethyl adjacent to an activating group) is 1. The lowest BCUT2D eigenvalue weighted by Crippen LogP contribution is -2.35. The quantitative estimate of drug-likeness (QED) is 0.696. The Morgan fingerprint density at radius 1 is 1.07 bits per heavy atom. The highest BCUT2D eigenvalue weighted by Crippen LogP contribution is 2.30. The molecule has 1 heterocycles. The van der Waals surface area contributed by atoms with Crippen molar-refractivity contribution in [1.82, 2.24) is 9.88 Å². The van der Waals surface area contributed by atoms with Gasteiger partial charge in [0.25, 0.3) is 5.91 Å². The number of fused-ring (bicyclic) bond motifs is 3. The van der Waals surface area contributed by atoms with Crippen LogP contribution in [0.2, 0.25) is 0 Å². The second-order valence-corrected chi connectivity index (χ2v) is 8.08. The molecule has 5 heteroatoms. The Kier molecular flexibility index (Phi) is 5.14. The van der Waals surface area contributed by atoms with E-state index in [9.17, 15) is 9.59 Å². The number of anilines is 1. The van der Waals surface area contributed by atoms with E-state index in [1.165, 1.54) is 29.0 Å². The van der Waals surface area contributed by atoms with E-state index in [1.54, 1.807) is 7.05 Å². The first-order valence-corrected chi connectivity index (χ1v) is 10.2. The molecule has 0 saturated carbocycles. The number of hydrogen-bond acceptors (Lipinski definition) is 2. The van der Waals surface area contributed by atoms with Crippen molar-refractivity contribution >= 4 is 28.4 Å². The largest absolute Gasteiger partial charge is 0.358 e. The number of nitrogens with one attached hydrogen (secondary N) is 2. The molecule has 0 atom stereocenters. The predicted octanol–water partition coefficient (Wildman–Crippen LogP) is 4.37. The molecule has 0 spiro atoms. The molecule has 2 N–H and O–H groups in total. The summed E-state index contributed by atoms with van der Waals surface area (Å²) >= 11 is 0. The number of benzene rings is 2. The maximum atomic E-state index is 12.9. The number of H-pyrrole nitrogens is 1. The standard InChI is InChI=1S/C24H27N3O2/c1-15-8-9-16(2)22(12-15)26-23(28)14-27(3)24(29)17-10-11-21-19(13-17)18-6-4-5-7-20(18)25-21/h8-13,25H,4-7,14H2,1-3H3,(H,26,28). The summed E-state index contributed by atoms with van der Waals surface area (Å²) in [5.74, 6) is -0.344. The normalized spacial score (nSPS) is 13.2. The molecule has 1 aliphatic carbocycles. The fourth-order valence-electron chi connectivity index (χ4n) is 4.11. The van der Waals surface area contributed by atoms with Crippen molar-refractivity contribution in [3.63, 3.8) is 0 Å². The molecule has 1 aliphatic rings. The zero-order valence-corrected chi connectivity index (χ0v) is 17.3. The summed E-state index contributed by atoms with van der Waals surface area (Å²) in [6.45, 7) is 3.95. The summed E-state index contributed by atoms with van der Waals surface area (Å²) in [5.41, 5.74) is 7.22. The van der Waals surface area contributed by atoms with Crippen molar-refractivity contribution in [3.05, 3.63) is 64.3 Å². The van der Waals surface area contributed by atoms with Crippen LogP contribution in [0.25, 0.3) is 10.9 Å². The lowest BCUT2D eigenvalue weighted by molar-refractivity contribution is -0.116. The predicted molar refractivity (Wildman–Crippen MR) is 116 cm³/mol. The van der Waals surface area contributed by atoms with Crippen molar-refractivity contribution in [2.45, 2.75) is 39.5 Å². The van der Waals surface area contributed by atoms with Gasteiger partial charge < -0.3 is 15.2 Å². The van der Waals surface area contributed by atoms with Gasteiger partial charge in [-0.05, 0) is 80.5 Å². The Morgan fingerprint density at radius 2 is 1.86 bits per heavy atom. The average molecular weight is 389 g/mol. The van der Waals surface area contributed by atoms with E-state index < -0.39 is 0 Å². The number of carbonyl (C=O) groups is 2. The van der Waals surface area contributed by atoms with Crippen LogP contribution in [-0.2, 0) is 17.6 Å². The highest BCUT2D eigenvalue weighted by molar-refractivity contribution is 6.02. The van der Waals surface area contributed by atoms with Gasteiger partial charge in [0, 0.05) is 34.9 Å². The minimum Gasteiger partial charge on any atom is -0.358 e.